The molecule has 1 amide bonds. The van der Waals surface area contributed by atoms with E-state index in [4.69, 9.17) is 5.73 Å². The predicted octanol–water partition coefficient (Wildman–Crippen LogP) is 2.97. The second-order valence-corrected chi connectivity index (χ2v) is 6.99. The van der Waals surface area contributed by atoms with Gasteiger partial charge in [-0.3, -0.25) is 4.79 Å². The number of carbonyl (C=O) groups is 1. The highest BCUT2D eigenvalue weighted by molar-refractivity contribution is 5.92. The van der Waals surface area contributed by atoms with Gasteiger partial charge < -0.3 is 15.2 Å². The van der Waals surface area contributed by atoms with Gasteiger partial charge in [-0.15, -0.1) is 0 Å². The van der Waals surface area contributed by atoms with Gasteiger partial charge in [-0.25, -0.2) is 4.98 Å². The fourth-order valence-electron chi connectivity index (χ4n) is 3.62. The number of imidazole rings is 1. The van der Waals surface area contributed by atoms with Crippen molar-refractivity contribution < 1.29 is 4.79 Å². The Bertz CT molecular complexity index is 946. The zero-order chi connectivity index (χ0) is 18.1. The molecule has 0 radical (unpaired) electrons. The molecule has 0 bridgehead atoms. The molecule has 2 aromatic carbocycles. The number of benzene rings is 2. The van der Waals surface area contributed by atoms with Crippen molar-refractivity contribution in [1.29, 1.82) is 0 Å². The van der Waals surface area contributed by atoms with Crippen LogP contribution in [0.4, 0.5) is 0 Å². The van der Waals surface area contributed by atoms with E-state index in [0.29, 0.717) is 18.8 Å². The molecule has 5 nitrogen and oxygen atoms in total. The first-order chi connectivity index (χ1) is 12.6. The Kier molecular flexibility index (Phi) is 4.47. The molecule has 0 spiro atoms. The molecule has 2 N–H and O–H groups in total. The minimum atomic E-state index is -0.0175. The summed E-state index contributed by atoms with van der Waals surface area (Å²) in [6.45, 7) is 3.98. The van der Waals surface area contributed by atoms with Crippen molar-refractivity contribution in [2.75, 3.05) is 6.54 Å². The Hall–Kier alpha value is -2.66. The predicted molar refractivity (Wildman–Crippen MR) is 103 cm³/mol. The number of fused-ring (bicyclic) bond motifs is 2. The first kappa shape index (κ1) is 16.8. The Balaban J connectivity index is 1.55. The van der Waals surface area contributed by atoms with Crippen LogP contribution in [0, 0.1) is 0 Å². The van der Waals surface area contributed by atoms with Crippen LogP contribution < -0.4 is 5.73 Å². The fraction of sp³-hybridized carbons (Fsp3) is 0.333. The van der Waals surface area contributed by atoms with Gasteiger partial charge in [-0.2, -0.15) is 0 Å². The van der Waals surface area contributed by atoms with Gasteiger partial charge >= 0.3 is 0 Å². The molecule has 1 unspecified atom stereocenters. The summed E-state index contributed by atoms with van der Waals surface area (Å²) in [5.74, 6) is 0.952. The smallest absolute Gasteiger partial charge is 0.274 e. The van der Waals surface area contributed by atoms with Gasteiger partial charge in [-0.1, -0.05) is 36.4 Å². The molecule has 0 fully saturated rings. The highest BCUT2D eigenvalue weighted by Gasteiger charge is 2.23. The molecule has 1 aromatic heterocycles. The number of rotatable bonds is 4. The average molecular weight is 348 g/mol. The highest BCUT2D eigenvalue weighted by atomic mass is 16.2. The monoisotopic (exact) mass is 348 g/mol. The second-order valence-electron chi connectivity index (χ2n) is 6.99. The molecule has 1 atom stereocenters. The van der Waals surface area contributed by atoms with Crippen LogP contribution in [-0.4, -0.2) is 32.9 Å². The molecule has 0 aliphatic carbocycles. The molecule has 2 heterocycles. The highest BCUT2D eigenvalue weighted by Crippen LogP contribution is 2.19. The number of aromatic nitrogens is 2. The van der Waals surface area contributed by atoms with Crippen molar-refractivity contribution in [3.63, 3.8) is 0 Å². The third kappa shape index (κ3) is 3.22. The zero-order valence-corrected chi connectivity index (χ0v) is 15.1. The number of nitrogens with zero attached hydrogens (tertiary/aromatic N) is 3. The lowest BCUT2D eigenvalue weighted by Crippen LogP contribution is -2.31. The number of carbonyl (C=O) groups excluding carboxylic acids is 1. The number of aryl methyl sites for hydroxylation is 1. The van der Waals surface area contributed by atoms with Gasteiger partial charge in [-0.05, 0) is 35.7 Å². The van der Waals surface area contributed by atoms with E-state index < -0.39 is 0 Å². The molecular weight excluding hydrogens is 324 g/mol. The van der Waals surface area contributed by atoms with Crippen LogP contribution >= 0.6 is 0 Å². The molecule has 1 aliphatic rings. The van der Waals surface area contributed by atoms with E-state index in [1.54, 1.807) is 0 Å². The largest absolute Gasteiger partial charge is 0.333 e. The van der Waals surface area contributed by atoms with E-state index in [9.17, 15) is 4.79 Å². The maximum absolute atomic E-state index is 13.0. The van der Waals surface area contributed by atoms with Gasteiger partial charge in [0.1, 0.15) is 11.5 Å². The van der Waals surface area contributed by atoms with Crippen molar-refractivity contribution in [2.45, 2.75) is 38.9 Å². The Morgan fingerprint density at radius 2 is 2.08 bits per heavy atom. The van der Waals surface area contributed by atoms with E-state index in [0.717, 1.165) is 30.8 Å². The van der Waals surface area contributed by atoms with Gasteiger partial charge in [0.25, 0.3) is 5.91 Å². The molecular formula is C21H24N4O. The summed E-state index contributed by atoms with van der Waals surface area (Å²) in [6, 6.07) is 14.8. The van der Waals surface area contributed by atoms with Crippen LogP contribution in [0.25, 0.3) is 10.8 Å². The Labute approximate surface area is 153 Å². The fourth-order valence-corrected chi connectivity index (χ4v) is 3.62. The standard InChI is InChI=1S/C21H24N4O/c1-2-24(12-15-7-8-16-5-3-4-6-17(16)11-15)21(26)19-14-25-13-18(22)9-10-20(25)23-19/h3-8,11,14,18H,2,9-10,12-13,22H2,1H3. The maximum atomic E-state index is 13.0. The zero-order valence-electron chi connectivity index (χ0n) is 15.1. The summed E-state index contributed by atoms with van der Waals surface area (Å²) < 4.78 is 2.03. The molecule has 0 saturated carbocycles. The molecule has 1 aliphatic heterocycles. The molecule has 134 valence electrons. The van der Waals surface area contributed by atoms with Crippen LogP contribution in [-0.2, 0) is 19.5 Å². The van der Waals surface area contributed by atoms with Crippen LogP contribution in [0.1, 0.15) is 35.2 Å². The van der Waals surface area contributed by atoms with Gasteiger partial charge in [0, 0.05) is 38.3 Å². The number of nitrogens with two attached hydrogens (primary N) is 1. The third-order valence-corrected chi connectivity index (χ3v) is 5.10. The third-order valence-electron chi connectivity index (χ3n) is 5.10. The molecule has 5 heteroatoms. The quantitative estimate of drug-likeness (QED) is 0.788. The normalized spacial score (nSPS) is 16.5. The van der Waals surface area contributed by atoms with Crippen molar-refractivity contribution in [1.82, 2.24) is 14.5 Å². The van der Waals surface area contributed by atoms with Crippen LogP contribution in [0.2, 0.25) is 0 Å². The minimum absolute atomic E-state index is 0.0175. The molecule has 3 aromatic rings. The van der Waals surface area contributed by atoms with E-state index in [-0.39, 0.29) is 11.9 Å². The van der Waals surface area contributed by atoms with Crippen LogP contribution in [0.3, 0.4) is 0 Å². The first-order valence-electron chi connectivity index (χ1n) is 9.22. The lowest BCUT2D eigenvalue weighted by molar-refractivity contribution is 0.0747. The van der Waals surface area contributed by atoms with E-state index in [2.05, 4.69) is 35.3 Å². The van der Waals surface area contributed by atoms with E-state index in [1.165, 1.54) is 10.8 Å². The lowest BCUT2D eigenvalue weighted by atomic mass is 10.1. The molecule has 4 rings (SSSR count). The summed E-state index contributed by atoms with van der Waals surface area (Å²) in [4.78, 5) is 19.4. The summed E-state index contributed by atoms with van der Waals surface area (Å²) in [7, 11) is 0. The lowest BCUT2D eigenvalue weighted by Gasteiger charge is -2.20. The number of hydrogen-bond donors (Lipinski definition) is 1. The number of hydrogen-bond acceptors (Lipinski definition) is 3. The topological polar surface area (TPSA) is 64.2 Å². The molecule has 26 heavy (non-hydrogen) atoms. The summed E-state index contributed by atoms with van der Waals surface area (Å²) >= 11 is 0. The SMILES string of the molecule is CCN(Cc1ccc2ccccc2c1)C(=O)c1cn2c(n1)CCC(N)C2. The van der Waals surface area contributed by atoms with Gasteiger partial charge in [0.05, 0.1) is 0 Å². The van der Waals surface area contributed by atoms with E-state index in [1.807, 2.05) is 34.7 Å². The van der Waals surface area contributed by atoms with Crippen molar-refractivity contribution in [3.05, 3.63) is 65.7 Å². The van der Waals surface area contributed by atoms with Gasteiger partial charge in [0.2, 0.25) is 0 Å². The summed E-state index contributed by atoms with van der Waals surface area (Å²) in [6.07, 6.45) is 3.63. The van der Waals surface area contributed by atoms with Crippen molar-refractivity contribution in [2.24, 2.45) is 5.73 Å². The van der Waals surface area contributed by atoms with Crippen LogP contribution in [0.15, 0.2) is 48.7 Å². The number of amides is 1. The van der Waals surface area contributed by atoms with Gasteiger partial charge in [0.15, 0.2) is 0 Å². The Morgan fingerprint density at radius 3 is 2.88 bits per heavy atom. The average Bonchev–Trinajstić information content (AvgIpc) is 3.08. The Morgan fingerprint density at radius 1 is 1.27 bits per heavy atom. The first-order valence-corrected chi connectivity index (χ1v) is 9.22. The molecule has 0 saturated heterocycles. The second kappa shape index (κ2) is 6.92. The minimum Gasteiger partial charge on any atom is -0.333 e. The summed E-state index contributed by atoms with van der Waals surface area (Å²) in [5, 5.41) is 2.41. The maximum Gasteiger partial charge on any atom is 0.274 e. The summed E-state index contributed by atoms with van der Waals surface area (Å²) in [5.41, 5.74) is 7.68. The van der Waals surface area contributed by atoms with Crippen molar-refractivity contribution in [3.8, 4) is 0 Å². The van der Waals surface area contributed by atoms with E-state index >= 15 is 0 Å². The van der Waals surface area contributed by atoms with Crippen molar-refractivity contribution >= 4 is 16.7 Å². The van der Waals surface area contributed by atoms with Crippen LogP contribution in [0.5, 0.6) is 0 Å².